The summed E-state index contributed by atoms with van der Waals surface area (Å²) < 4.78 is 27.7. The molecule has 0 aliphatic rings. The van der Waals surface area contributed by atoms with Gasteiger partial charge in [0.1, 0.15) is 5.75 Å². The van der Waals surface area contributed by atoms with E-state index in [1.165, 1.54) is 0 Å². The largest absolute Gasteiger partial charge is 0.468 e. The van der Waals surface area contributed by atoms with E-state index in [1.54, 1.807) is 12.1 Å². The fraction of sp³-hybridized carbons (Fsp3) is 0.417. The van der Waals surface area contributed by atoms with E-state index in [9.17, 15) is 13.2 Å². The maximum atomic E-state index is 11.7. The first kappa shape index (κ1) is 14.7. The fourth-order valence-electron chi connectivity index (χ4n) is 1.48. The van der Waals surface area contributed by atoms with Crippen molar-refractivity contribution >= 4 is 15.8 Å². The van der Waals surface area contributed by atoms with Crippen molar-refractivity contribution in [1.82, 2.24) is 0 Å². The van der Waals surface area contributed by atoms with Crippen LogP contribution in [0.2, 0.25) is 0 Å². The smallest absolute Gasteiger partial charge is 0.320 e. The molecule has 1 unspecified atom stereocenters. The predicted molar refractivity (Wildman–Crippen MR) is 68.8 cm³/mol. The van der Waals surface area contributed by atoms with Crippen molar-refractivity contribution in [2.75, 3.05) is 18.6 Å². The van der Waals surface area contributed by atoms with Crippen molar-refractivity contribution in [3.05, 3.63) is 35.4 Å². The van der Waals surface area contributed by atoms with E-state index in [0.29, 0.717) is 0 Å². The molecule has 5 nitrogen and oxygen atoms in total. The standard InChI is InChI=1S/C12H17NO4S/c1-9-3-5-10(6-4-9)11(13)7-18(15,16)8-12(14)17-2/h3-6,11H,7-8,13H2,1-2H3. The van der Waals surface area contributed by atoms with Crippen LogP contribution in [-0.4, -0.2) is 33.0 Å². The molecule has 0 radical (unpaired) electrons. The molecular formula is C12H17NO4S. The number of hydrogen-bond acceptors (Lipinski definition) is 5. The number of aryl methyl sites for hydroxylation is 1. The molecule has 2 N–H and O–H groups in total. The van der Waals surface area contributed by atoms with Gasteiger partial charge in [-0.1, -0.05) is 29.8 Å². The molecule has 0 spiro atoms. The average Bonchev–Trinajstić information content (AvgIpc) is 2.28. The lowest BCUT2D eigenvalue weighted by Crippen LogP contribution is -2.27. The number of ether oxygens (including phenoxy) is 1. The highest BCUT2D eigenvalue weighted by molar-refractivity contribution is 7.92. The minimum atomic E-state index is -3.55. The van der Waals surface area contributed by atoms with Gasteiger partial charge >= 0.3 is 5.97 Å². The van der Waals surface area contributed by atoms with Crippen LogP contribution in [0.1, 0.15) is 17.2 Å². The summed E-state index contributed by atoms with van der Waals surface area (Å²) in [4.78, 5) is 10.9. The molecule has 0 saturated carbocycles. The zero-order valence-corrected chi connectivity index (χ0v) is 11.2. The highest BCUT2D eigenvalue weighted by Crippen LogP contribution is 2.13. The molecule has 1 rings (SSSR count). The lowest BCUT2D eigenvalue weighted by molar-refractivity contribution is -0.137. The summed E-state index contributed by atoms with van der Waals surface area (Å²) in [6.45, 7) is 1.93. The van der Waals surface area contributed by atoms with Crippen molar-refractivity contribution < 1.29 is 17.9 Å². The molecule has 0 heterocycles. The summed E-state index contributed by atoms with van der Waals surface area (Å²) in [6, 6.07) is 6.66. The van der Waals surface area contributed by atoms with Crippen LogP contribution in [-0.2, 0) is 19.4 Å². The topological polar surface area (TPSA) is 86.5 Å². The van der Waals surface area contributed by atoms with Crippen LogP contribution in [0.25, 0.3) is 0 Å². The maximum Gasteiger partial charge on any atom is 0.320 e. The summed E-state index contributed by atoms with van der Waals surface area (Å²) in [5, 5.41) is 0. The Morgan fingerprint density at radius 3 is 2.39 bits per heavy atom. The molecule has 0 aliphatic heterocycles. The Morgan fingerprint density at radius 2 is 1.89 bits per heavy atom. The number of hydrogen-bond donors (Lipinski definition) is 1. The summed E-state index contributed by atoms with van der Waals surface area (Å²) in [6.07, 6.45) is 0. The summed E-state index contributed by atoms with van der Waals surface area (Å²) >= 11 is 0. The number of nitrogens with two attached hydrogens (primary N) is 1. The van der Waals surface area contributed by atoms with Crippen molar-refractivity contribution in [1.29, 1.82) is 0 Å². The molecule has 0 bridgehead atoms. The normalized spacial score (nSPS) is 13.1. The van der Waals surface area contributed by atoms with E-state index in [1.807, 2.05) is 19.1 Å². The third-order valence-corrected chi connectivity index (χ3v) is 4.05. The lowest BCUT2D eigenvalue weighted by atomic mass is 10.1. The second kappa shape index (κ2) is 5.97. The molecule has 0 fully saturated rings. The van der Waals surface area contributed by atoms with Gasteiger partial charge in [0.25, 0.3) is 0 Å². The number of esters is 1. The molecule has 6 heteroatoms. The Hall–Kier alpha value is -1.40. The SMILES string of the molecule is COC(=O)CS(=O)(=O)CC(N)c1ccc(C)cc1. The monoisotopic (exact) mass is 271 g/mol. The Morgan fingerprint density at radius 1 is 1.33 bits per heavy atom. The van der Waals surface area contributed by atoms with Crippen molar-refractivity contribution in [3.63, 3.8) is 0 Å². The summed E-state index contributed by atoms with van der Waals surface area (Å²) in [7, 11) is -2.40. The van der Waals surface area contributed by atoms with Crippen LogP contribution in [0.4, 0.5) is 0 Å². The van der Waals surface area contributed by atoms with Gasteiger partial charge in [-0.05, 0) is 12.5 Å². The van der Waals surface area contributed by atoms with E-state index < -0.39 is 27.6 Å². The van der Waals surface area contributed by atoms with Crippen LogP contribution < -0.4 is 5.73 Å². The number of carbonyl (C=O) groups is 1. The van der Waals surface area contributed by atoms with E-state index in [-0.39, 0.29) is 5.75 Å². The number of rotatable bonds is 5. The average molecular weight is 271 g/mol. The highest BCUT2D eigenvalue weighted by atomic mass is 32.2. The second-order valence-electron chi connectivity index (χ2n) is 4.15. The Labute approximate surface area is 107 Å². The highest BCUT2D eigenvalue weighted by Gasteiger charge is 2.21. The zero-order chi connectivity index (χ0) is 13.8. The van der Waals surface area contributed by atoms with Gasteiger partial charge in [-0.2, -0.15) is 0 Å². The molecule has 100 valence electrons. The number of carbonyl (C=O) groups excluding carboxylic acids is 1. The molecule has 0 saturated heterocycles. The molecule has 18 heavy (non-hydrogen) atoms. The number of benzene rings is 1. The maximum absolute atomic E-state index is 11.7. The van der Waals surface area contributed by atoms with Crippen LogP contribution in [0.3, 0.4) is 0 Å². The van der Waals surface area contributed by atoms with Gasteiger partial charge < -0.3 is 10.5 Å². The van der Waals surface area contributed by atoms with Crippen molar-refractivity contribution in [2.45, 2.75) is 13.0 Å². The Kier molecular flexibility index (Phi) is 4.86. The van der Waals surface area contributed by atoms with E-state index in [0.717, 1.165) is 18.2 Å². The van der Waals surface area contributed by atoms with Crippen LogP contribution in [0.5, 0.6) is 0 Å². The Bertz CT molecular complexity index is 507. The number of methoxy groups -OCH3 is 1. The van der Waals surface area contributed by atoms with Crippen molar-refractivity contribution in [3.8, 4) is 0 Å². The first-order valence-corrected chi connectivity index (χ1v) is 7.25. The third kappa shape index (κ3) is 4.46. The third-order valence-electron chi connectivity index (χ3n) is 2.50. The van der Waals surface area contributed by atoms with E-state index >= 15 is 0 Å². The number of sulfone groups is 1. The lowest BCUT2D eigenvalue weighted by Gasteiger charge is -2.12. The predicted octanol–water partition coefficient (Wildman–Crippen LogP) is 0.583. The van der Waals surface area contributed by atoms with E-state index in [4.69, 9.17) is 5.73 Å². The zero-order valence-electron chi connectivity index (χ0n) is 10.4. The van der Waals surface area contributed by atoms with Gasteiger partial charge in [0.05, 0.1) is 12.9 Å². The molecule has 0 aliphatic carbocycles. The van der Waals surface area contributed by atoms with Gasteiger partial charge in [-0.25, -0.2) is 8.42 Å². The van der Waals surface area contributed by atoms with Crippen molar-refractivity contribution in [2.24, 2.45) is 5.73 Å². The summed E-state index contributed by atoms with van der Waals surface area (Å²) in [5.74, 6) is -1.68. The van der Waals surface area contributed by atoms with Gasteiger partial charge in [0.2, 0.25) is 0 Å². The van der Waals surface area contributed by atoms with Crippen LogP contribution in [0.15, 0.2) is 24.3 Å². The Balaban J connectivity index is 2.72. The fourth-order valence-corrected chi connectivity index (χ4v) is 2.82. The molecule has 0 amide bonds. The molecule has 1 aromatic rings. The van der Waals surface area contributed by atoms with Crippen LogP contribution >= 0.6 is 0 Å². The van der Waals surface area contributed by atoms with Gasteiger partial charge in [-0.15, -0.1) is 0 Å². The first-order chi connectivity index (χ1) is 8.34. The van der Waals surface area contributed by atoms with Crippen LogP contribution in [0, 0.1) is 6.92 Å². The first-order valence-electron chi connectivity index (χ1n) is 5.43. The molecule has 1 aromatic carbocycles. The molecule has 0 aromatic heterocycles. The van der Waals surface area contributed by atoms with Gasteiger partial charge in [0.15, 0.2) is 9.84 Å². The summed E-state index contributed by atoms with van der Waals surface area (Å²) in [5.41, 5.74) is 7.62. The van der Waals surface area contributed by atoms with E-state index in [2.05, 4.69) is 4.74 Å². The molecule has 1 atom stereocenters. The quantitative estimate of drug-likeness (QED) is 0.792. The minimum absolute atomic E-state index is 0.273. The second-order valence-corrected chi connectivity index (χ2v) is 6.26. The van der Waals surface area contributed by atoms with Gasteiger partial charge in [0, 0.05) is 6.04 Å². The van der Waals surface area contributed by atoms with Gasteiger partial charge in [-0.3, -0.25) is 4.79 Å². The molecular weight excluding hydrogens is 254 g/mol. The minimum Gasteiger partial charge on any atom is -0.468 e.